The first kappa shape index (κ1) is 17.7. The van der Waals surface area contributed by atoms with Gasteiger partial charge in [0.2, 0.25) is 5.91 Å². The molecule has 2 heterocycles. The lowest BCUT2D eigenvalue weighted by molar-refractivity contribution is -0.903. The average Bonchev–Trinajstić information content (AvgIpc) is 2.64. The molecule has 2 aliphatic heterocycles. The summed E-state index contributed by atoms with van der Waals surface area (Å²) in [5.41, 5.74) is 0.799. The van der Waals surface area contributed by atoms with E-state index in [1.165, 1.54) is 32.4 Å². The molecule has 2 amide bonds. The Morgan fingerprint density at radius 1 is 1.20 bits per heavy atom. The van der Waals surface area contributed by atoms with Gasteiger partial charge in [0.25, 0.3) is 5.91 Å². The van der Waals surface area contributed by atoms with Gasteiger partial charge in [-0.05, 0) is 37.8 Å². The summed E-state index contributed by atoms with van der Waals surface area (Å²) in [5.74, 6) is 0.759. The summed E-state index contributed by atoms with van der Waals surface area (Å²) in [7, 11) is 0. The fourth-order valence-corrected chi connectivity index (χ4v) is 3.57. The Balaban J connectivity index is 1.37. The van der Waals surface area contributed by atoms with E-state index in [1.807, 2.05) is 24.3 Å². The van der Waals surface area contributed by atoms with Gasteiger partial charge < -0.3 is 19.9 Å². The molecule has 2 aliphatic rings. The van der Waals surface area contributed by atoms with Crippen molar-refractivity contribution in [2.24, 2.45) is 0 Å². The normalized spacial score (nSPS) is 17.8. The van der Waals surface area contributed by atoms with Crippen LogP contribution in [-0.2, 0) is 9.59 Å². The molecule has 136 valence electrons. The molecule has 6 nitrogen and oxygen atoms in total. The number of piperidine rings is 1. The summed E-state index contributed by atoms with van der Waals surface area (Å²) in [5, 5.41) is 3.01. The number of fused-ring (bicyclic) bond motifs is 1. The predicted molar refractivity (Wildman–Crippen MR) is 95.9 cm³/mol. The second kappa shape index (κ2) is 8.85. The zero-order valence-corrected chi connectivity index (χ0v) is 14.8. The van der Waals surface area contributed by atoms with Crippen LogP contribution >= 0.6 is 0 Å². The van der Waals surface area contributed by atoms with Crippen LogP contribution in [0.4, 0.5) is 5.69 Å². The molecule has 3 rings (SSSR count). The maximum Gasteiger partial charge on any atom is 0.265 e. The summed E-state index contributed by atoms with van der Waals surface area (Å²) in [6.07, 6.45) is 5.06. The first-order valence-electron chi connectivity index (χ1n) is 9.36. The van der Waals surface area contributed by atoms with Crippen molar-refractivity contribution in [2.75, 3.05) is 44.2 Å². The van der Waals surface area contributed by atoms with E-state index in [0.717, 1.165) is 24.5 Å². The van der Waals surface area contributed by atoms with Gasteiger partial charge in [0.05, 0.1) is 31.9 Å². The smallest absolute Gasteiger partial charge is 0.265 e. The van der Waals surface area contributed by atoms with Crippen molar-refractivity contribution in [3.05, 3.63) is 24.3 Å². The van der Waals surface area contributed by atoms with Crippen molar-refractivity contribution >= 4 is 17.5 Å². The summed E-state index contributed by atoms with van der Waals surface area (Å²) in [6, 6.07) is 7.53. The number of amides is 2. The Bertz CT molecular complexity index is 599. The molecule has 2 N–H and O–H groups in total. The Kier molecular flexibility index (Phi) is 6.28. The van der Waals surface area contributed by atoms with Crippen LogP contribution in [0.1, 0.15) is 32.1 Å². The van der Waals surface area contributed by atoms with Crippen LogP contribution in [0.3, 0.4) is 0 Å². The zero-order chi connectivity index (χ0) is 17.5. The first-order chi connectivity index (χ1) is 12.2. The number of anilines is 1. The molecule has 1 aromatic rings. The highest BCUT2D eigenvalue weighted by atomic mass is 16.5. The van der Waals surface area contributed by atoms with Crippen molar-refractivity contribution in [2.45, 2.75) is 32.1 Å². The number of benzene rings is 1. The fourth-order valence-electron chi connectivity index (χ4n) is 3.57. The van der Waals surface area contributed by atoms with E-state index in [1.54, 1.807) is 9.80 Å². The number of quaternary nitrogens is 1. The number of hydrogen-bond donors (Lipinski definition) is 2. The van der Waals surface area contributed by atoms with Crippen LogP contribution in [0, 0.1) is 0 Å². The molecule has 0 saturated carbocycles. The minimum atomic E-state index is -0.0483. The Morgan fingerprint density at radius 3 is 2.84 bits per heavy atom. The zero-order valence-electron chi connectivity index (χ0n) is 14.8. The largest absolute Gasteiger partial charge is 0.482 e. The minimum absolute atomic E-state index is 0.0483. The molecule has 1 fully saturated rings. The maximum atomic E-state index is 12.1. The van der Waals surface area contributed by atoms with Crippen LogP contribution in [0.2, 0.25) is 0 Å². The summed E-state index contributed by atoms with van der Waals surface area (Å²) < 4.78 is 5.43. The molecule has 0 atom stereocenters. The number of rotatable bonds is 7. The molecular weight excluding hydrogens is 318 g/mol. The van der Waals surface area contributed by atoms with Crippen LogP contribution in [-0.4, -0.2) is 51.1 Å². The predicted octanol–water partition coefficient (Wildman–Crippen LogP) is 0.377. The highest BCUT2D eigenvalue weighted by molar-refractivity contribution is 5.97. The van der Waals surface area contributed by atoms with E-state index in [2.05, 4.69) is 5.32 Å². The third-order valence-corrected chi connectivity index (χ3v) is 4.96. The van der Waals surface area contributed by atoms with E-state index in [9.17, 15) is 9.59 Å². The molecule has 1 saturated heterocycles. The van der Waals surface area contributed by atoms with Gasteiger partial charge in [0.1, 0.15) is 5.75 Å². The summed E-state index contributed by atoms with van der Waals surface area (Å²) in [4.78, 5) is 27.4. The van der Waals surface area contributed by atoms with Gasteiger partial charge in [-0.3, -0.25) is 9.59 Å². The van der Waals surface area contributed by atoms with Gasteiger partial charge >= 0.3 is 0 Å². The van der Waals surface area contributed by atoms with Gasteiger partial charge in [-0.15, -0.1) is 0 Å². The molecule has 0 aromatic heterocycles. The number of carbonyl (C=O) groups excluding carboxylic acids is 2. The quantitative estimate of drug-likeness (QED) is 0.750. The number of nitrogens with zero attached hydrogens (tertiary/aromatic N) is 1. The minimum Gasteiger partial charge on any atom is -0.482 e. The van der Waals surface area contributed by atoms with Crippen LogP contribution in [0.5, 0.6) is 5.75 Å². The highest BCUT2D eigenvalue weighted by Gasteiger charge is 2.24. The highest BCUT2D eigenvalue weighted by Crippen LogP contribution is 2.31. The molecule has 0 spiro atoms. The van der Waals surface area contributed by atoms with Crippen molar-refractivity contribution in [1.82, 2.24) is 5.32 Å². The van der Waals surface area contributed by atoms with Gasteiger partial charge in [-0.2, -0.15) is 0 Å². The Hall–Kier alpha value is -2.08. The number of nitrogens with one attached hydrogen (secondary N) is 2. The molecule has 6 heteroatoms. The van der Waals surface area contributed by atoms with E-state index >= 15 is 0 Å². The lowest BCUT2D eigenvalue weighted by Gasteiger charge is -2.29. The number of hydrogen-bond acceptors (Lipinski definition) is 3. The van der Waals surface area contributed by atoms with Gasteiger partial charge in [0.15, 0.2) is 6.61 Å². The van der Waals surface area contributed by atoms with Crippen molar-refractivity contribution in [1.29, 1.82) is 0 Å². The van der Waals surface area contributed by atoms with Crippen molar-refractivity contribution < 1.29 is 19.2 Å². The SMILES string of the molecule is O=C(CCCN1C(=O)COc2ccccc21)NCC[NH+]1CCCCC1. The van der Waals surface area contributed by atoms with Crippen molar-refractivity contribution in [3.63, 3.8) is 0 Å². The number of likely N-dealkylation sites (tertiary alicyclic amines) is 1. The second-order valence-corrected chi connectivity index (χ2v) is 6.82. The lowest BCUT2D eigenvalue weighted by atomic mass is 10.1. The van der Waals surface area contributed by atoms with E-state index in [4.69, 9.17) is 4.74 Å². The van der Waals surface area contributed by atoms with E-state index < -0.39 is 0 Å². The summed E-state index contributed by atoms with van der Waals surface area (Å²) in [6.45, 7) is 4.84. The molecule has 0 bridgehead atoms. The van der Waals surface area contributed by atoms with E-state index in [-0.39, 0.29) is 18.4 Å². The lowest BCUT2D eigenvalue weighted by Crippen LogP contribution is -3.13. The molecular formula is C19H28N3O3+. The van der Waals surface area contributed by atoms with Crippen molar-refractivity contribution in [3.8, 4) is 5.75 Å². The van der Waals surface area contributed by atoms with E-state index in [0.29, 0.717) is 19.4 Å². The fraction of sp³-hybridized carbons (Fsp3) is 0.579. The van der Waals surface area contributed by atoms with Crippen LogP contribution in [0.15, 0.2) is 24.3 Å². The number of carbonyl (C=O) groups is 2. The second-order valence-electron chi connectivity index (χ2n) is 6.82. The topological polar surface area (TPSA) is 63.1 Å². The Morgan fingerprint density at radius 2 is 2.00 bits per heavy atom. The van der Waals surface area contributed by atoms with Crippen LogP contribution < -0.4 is 19.9 Å². The number of ether oxygens (including phenoxy) is 1. The summed E-state index contributed by atoms with van der Waals surface area (Å²) >= 11 is 0. The molecule has 0 radical (unpaired) electrons. The monoisotopic (exact) mass is 346 g/mol. The van der Waals surface area contributed by atoms with Gasteiger partial charge in [0, 0.05) is 13.0 Å². The average molecular weight is 346 g/mol. The molecule has 0 aliphatic carbocycles. The first-order valence-corrected chi connectivity index (χ1v) is 9.36. The molecule has 0 unspecified atom stereocenters. The third kappa shape index (κ3) is 4.95. The standard InChI is InChI=1S/C19H27N3O3/c23-18(20-10-14-21-11-4-1-5-12-21)9-6-13-22-16-7-2-3-8-17(16)25-15-19(22)24/h2-3,7-8H,1,4-6,9-15H2,(H,20,23)/p+1. The third-order valence-electron chi connectivity index (χ3n) is 4.96. The Labute approximate surface area is 149 Å². The van der Waals surface area contributed by atoms with Crippen LogP contribution in [0.25, 0.3) is 0 Å². The maximum absolute atomic E-state index is 12.1. The molecule has 25 heavy (non-hydrogen) atoms. The molecule has 1 aromatic carbocycles. The van der Waals surface area contributed by atoms with Gasteiger partial charge in [-0.1, -0.05) is 12.1 Å². The number of para-hydroxylation sites is 2. The van der Waals surface area contributed by atoms with Gasteiger partial charge in [-0.25, -0.2) is 0 Å².